The molecule has 0 bridgehead atoms. The normalized spacial score (nSPS) is 11.8. The molecule has 0 aliphatic rings. The zero-order valence-electron chi connectivity index (χ0n) is 13.5. The van der Waals surface area contributed by atoms with Crippen molar-refractivity contribution >= 4 is 5.91 Å². The van der Waals surface area contributed by atoms with Gasteiger partial charge in [-0.15, -0.1) is 0 Å². The summed E-state index contributed by atoms with van der Waals surface area (Å²) >= 11 is 0. The molecule has 1 N–H and O–H groups in total. The molecule has 3 aromatic rings. The second kappa shape index (κ2) is 6.95. The van der Waals surface area contributed by atoms with Gasteiger partial charge in [0.2, 0.25) is 0 Å². The number of imidazole rings is 1. The topological polar surface area (TPSA) is 69.0 Å². The van der Waals surface area contributed by atoms with Crippen molar-refractivity contribution in [2.24, 2.45) is 7.05 Å². The number of ether oxygens (including phenoxy) is 1. The minimum atomic E-state index is -0.372. The Hall–Kier alpha value is -3.15. The molecule has 6 heteroatoms. The smallest absolute Gasteiger partial charge is 0.253 e. The molecule has 122 valence electrons. The third-order valence-corrected chi connectivity index (χ3v) is 3.76. The third-order valence-electron chi connectivity index (χ3n) is 3.76. The summed E-state index contributed by atoms with van der Waals surface area (Å²) in [5.41, 5.74) is 1.42. The molecule has 2 heterocycles. The lowest BCUT2D eigenvalue weighted by molar-refractivity contribution is 0.0941. The van der Waals surface area contributed by atoms with Crippen LogP contribution in [-0.2, 0) is 7.05 Å². The number of nitrogens with zero attached hydrogens (tertiary/aromatic N) is 3. The first-order valence-electron chi connectivity index (χ1n) is 7.51. The van der Waals surface area contributed by atoms with Crippen molar-refractivity contribution in [1.29, 1.82) is 0 Å². The number of nitrogens with one attached hydrogen (secondary N) is 1. The summed E-state index contributed by atoms with van der Waals surface area (Å²) in [7, 11) is 3.52. The zero-order chi connectivity index (χ0) is 16.9. The van der Waals surface area contributed by atoms with Crippen molar-refractivity contribution in [3.05, 3.63) is 78.1 Å². The molecule has 3 rings (SSSR count). The summed E-state index contributed by atoms with van der Waals surface area (Å²) in [4.78, 5) is 20.9. The average Bonchev–Trinajstić information content (AvgIpc) is 3.06. The minimum Gasteiger partial charge on any atom is -0.497 e. The third kappa shape index (κ3) is 3.27. The molecule has 0 saturated carbocycles. The summed E-state index contributed by atoms with van der Waals surface area (Å²) in [5, 5.41) is 3.03. The first-order chi connectivity index (χ1) is 11.7. The van der Waals surface area contributed by atoms with Gasteiger partial charge in [-0.25, -0.2) is 4.98 Å². The highest BCUT2D eigenvalue weighted by atomic mass is 16.5. The van der Waals surface area contributed by atoms with Gasteiger partial charge < -0.3 is 14.6 Å². The number of carbonyl (C=O) groups is 1. The maximum atomic E-state index is 12.5. The van der Waals surface area contributed by atoms with Crippen LogP contribution in [0, 0.1) is 0 Å². The van der Waals surface area contributed by atoms with E-state index in [1.807, 2.05) is 42.1 Å². The number of benzene rings is 1. The van der Waals surface area contributed by atoms with Crippen molar-refractivity contribution in [2.75, 3.05) is 7.11 Å². The average molecular weight is 322 g/mol. The fourth-order valence-electron chi connectivity index (χ4n) is 2.46. The first kappa shape index (κ1) is 15.7. The largest absolute Gasteiger partial charge is 0.497 e. The number of aryl methyl sites for hydroxylation is 1. The van der Waals surface area contributed by atoms with Gasteiger partial charge in [-0.05, 0) is 29.8 Å². The van der Waals surface area contributed by atoms with Crippen molar-refractivity contribution in [2.45, 2.75) is 6.04 Å². The number of amides is 1. The van der Waals surface area contributed by atoms with Crippen molar-refractivity contribution in [1.82, 2.24) is 19.9 Å². The summed E-state index contributed by atoms with van der Waals surface area (Å²) < 4.78 is 7.08. The van der Waals surface area contributed by atoms with E-state index in [1.54, 1.807) is 37.8 Å². The fourth-order valence-corrected chi connectivity index (χ4v) is 2.46. The van der Waals surface area contributed by atoms with E-state index in [-0.39, 0.29) is 11.9 Å². The summed E-state index contributed by atoms with van der Waals surface area (Å²) in [6.45, 7) is 0. The number of pyridine rings is 1. The van der Waals surface area contributed by atoms with Gasteiger partial charge in [0.15, 0.2) is 0 Å². The Morgan fingerprint density at radius 1 is 1.21 bits per heavy atom. The molecule has 0 aliphatic heterocycles. The van der Waals surface area contributed by atoms with E-state index in [9.17, 15) is 4.79 Å². The minimum absolute atomic E-state index is 0.202. The molecule has 2 aromatic heterocycles. The molecule has 0 saturated heterocycles. The van der Waals surface area contributed by atoms with Gasteiger partial charge in [0.05, 0.1) is 12.7 Å². The van der Waals surface area contributed by atoms with E-state index < -0.39 is 0 Å². The van der Waals surface area contributed by atoms with E-state index in [0.717, 1.165) is 17.1 Å². The molecule has 1 amide bonds. The van der Waals surface area contributed by atoms with Crippen LogP contribution in [0.3, 0.4) is 0 Å². The Balaban J connectivity index is 1.93. The molecule has 6 nitrogen and oxygen atoms in total. The number of methoxy groups -OCH3 is 1. The lowest BCUT2D eigenvalue weighted by Gasteiger charge is -2.19. The van der Waals surface area contributed by atoms with Crippen molar-refractivity contribution in [3.63, 3.8) is 0 Å². The van der Waals surface area contributed by atoms with Gasteiger partial charge in [0.1, 0.15) is 17.6 Å². The maximum Gasteiger partial charge on any atom is 0.253 e. The van der Waals surface area contributed by atoms with E-state index >= 15 is 0 Å². The predicted molar refractivity (Wildman–Crippen MR) is 89.7 cm³/mol. The van der Waals surface area contributed by atoms with Crippen LogP contribution in [0.15, 0.2) is 61.2 Å². The highest BCUT2D eigenvalue weighted by Crippen LogP contribution is 2.23. The zero-order valence-corrected chi connectivity index (χ0v) is 13.5. The molecule has 1 aromatic carbocycles. The van der Waals surface area contributed by atoms with Gasteiger partial charge in [0.25, 0.3) is 5.91 Å². The molecule has 0 spiro atoms. The van der Waals surface area contributed by atoms with Crippen molar-refractivity contribution in [3.8, 4) is 5.75 Å². The van der Waals surface area contributed by atoms with E-state index in [4.69, 9.17) is 4.74 Å². The standard InChI is InChI=1S/C18H18N4O2/c1-22-11-10-20-17(22)16(13-5-7-15(24-2)8-6-13)21-18(23)14-4-3-9-19-12-14/h3-12,16H,1-2H3,(H,21,23). The summed E-state index contributed by atoms with van der Waals surface area (Å²) in [5.74, 6) is 1.31. The number of hydrogen-bond donors (Lipinski definition) is 1. The fraction of sp³-hybridized carbons (Fsp3) is 0.167. The number of carbonyl (C=O) groups excluding carboxylic acids is 1. The molecule has 1 atom stereocenters. The van der Waals surface area contributed by atoms with Gasteiger partial charge in [-0.3, -0.25) is 9.78 Å². The van der Waals surface area contributed by atoms with Crippen LogP contribution in [0.1, 0.15) is 27.8 Å². The Kier molecular flexibility index (Phi) is 4.56. The highest BCUT2D eigenvalue weighted by molar-refractivity contribution is 5.94. The molecule has 0 aliphatic carbocycles. The van der Waals surface area contributed by atoms with Gasteiger partial charge in [-0.1, -0.05) is 12.1 Å². The first-order valence-corrected chi connectivity index (χ1v) is 7.51. The Labute approximate surface area is 140 Å². The Bertz CT molecular complexity index is 813. The van der Waals surface area contributed by atoms with Gasteiger partial charge in [-0.2, -0.15) is 0 Å². The Morgan fingerprint density at radius 2 is 2.00 bits per heavy atom. The summed E-state index contributed by atoms with van der Waals surface area (Å²) in [6.07, 6.45) is 6.74. The monoisotopic (exact) mass is 322 g/mol. The second-order valence-electron chi connectivity index (χ2n) is 5.32. The van der Waals surface area contributed by atoms with Crippen LogP contribution in [0.2, 0.25) is 0 Å². The second-order valence-corrected chi connectivity index (χ2v) is 5.32. The Morgan fingerprint density at radius 3 is 2.58 bits per heavy atom. The quantitative estimate of drug-likeness (QED) is 0.783. The summed E-state index contributed by atoms with van der Waals surface area (Å²) in [6, 6.07) is 10.7. The van der Waals surface area contributed by atoms with E-state index in [2.05, 4.69) is 15.3 Å². The van der Waals surface area contributed by atoms with Crippen LogP contribution in [0.4, 0.5) is 0 Å². The molecule has 0 fully saturated rings. The van der Waals surface area contributed by atoms with E-state index in [1.165, 1.54) is 0 Å². The van der Waals surface area contributed by atoms with Gasteiger partial charge >= 0.3 is 0 Å². The molecular formula is C18H18N4O2. The highest BCUT2D eigenvalue weighted by Gasteiger charge is 2.21. The lowest BCUT2D eigenvalue weighted by Crippen LogP contribution is -2.31. The van der Waals surface area contributed by atoms with E-state index in [0.29, 0.717) is 5.56 Å². The van der Waals surface area contributed by atoms with Crippen LogP contribution in [-0.4, -0.2) is 27.6 Å². The molecule has 1 unspecified atom stereocenters. The van der Waals surface area contributed by atoms with Crippen LogP contribution >= 0.6 is 0 Å². The van der Waals surface area contributed by atoms with Crippen molar-refractivity contribution < 1.29 is 9.53 Å². The number of hydrogen-bond acceptors (Lipinski definition) is 4. The lowest BCUT2D eigenvalue weighted by atomic mass is 10.1. The van der Waals surface area contributed by atoms with Crippen LogP contribution in [0.5, 0.6) is 5.75 Å². The molecule has 24 heavy (non-hydrogen) atoms. The van der Waals surface area contributed by atoms with Crippen LogP contribution in [0.25, 0.3) is 0 Å². The predicted octanol–water partition coefficient (Wildman–Crippen LogP) is 2.34. The van der Waals surface area contributed by atoms with Gasteiger partial charge in [0, 0.05) is 31.8 Å². The van der Waals surface area contributed by atoms with Crippen LogP contribution < -0.4 is 10.1 Å². The molecular weight excluding hydrogens is 304 g/mol. The SMILES string of the molecule is COc1ccc(C(NC(=O)c2cccnc2)c2nccn2C)cc1. The maximum absolute atomic E-state index is 12.5. The number of rotatable bonds is 5. The number of aromatic nitrogens is 3. The molecule has 0 radical (unpaired) electrons.